The maximum atomic E-state index is 12.5. The summed E-state index contributed by atoms with van der Waals surface area (Å²) >= 11 is 0. The first kappa shape index (κ1) is 28.1. The van der Waals surface area contributed by atoms with Crippen molar-refractivity contribution >= 4 is 5.97 Å². The molecule has 0 spiro atoms. The van der Waals surface area contributed by atoms with Crippen LogP contribution in [0, 0.1) is 11.8 Å². The van der Waals surface area contributed by atoms with Gasteiger partial charge in [0.15, 0.2) is 0 Å². The van der Waals surface area contributed by atoms with E-state index in [0.29, 0.717) is 17.9 Å². The first-order valence-corrected chi connectivity index (χ1v) is 14.4. The highest BCUT2D eigenvalue weighted by atomic mass is 16.5. The van der Waals surface area contributed by atoms with Crippen LogP contribution in [0.5, 0.6) is 17.2 Å². The van der Waals surface area contributed by atoms with E-state index in [4.69, 9.17) is 14.2 Å². The summed E-state index contributed by atoms with van der Waals surface area (Å²) in [5.74, 6) is 3.59. The topological polar surface area (TPSA) is 44.8 Å². The Balaban J connectivity index is 1.31. The van der Waals surface area contributed by atoms with Gasteiger partial charge in [-0.15, -0.1) is 0 Å². The molecule has 1 aliphatic rings. The number of benzene rings is 2. The molecule has 36 heavy (non-hydrogen) atoms. The van der Waals surface area contributed by atoms with Crippen LogP contribution in [0.4, 0.5) is 0 Å². The maximum absolute atomic E-state index is 12.5. The van der Waals surface area contributed by atoms with Crippen LogP contribution >= 0.6 is 0 Å². The van der Waals surface area contributed by atoms with Gasteiger partial charge in [-0.25, -0.2) is 4.79 Å². The van der Waals surface area contributed by atoms with Crippen LogP contribution < -0.4 is 14.2 Å². The predicted octanol–water partition coefficient (Wildman–Crippen LogP) is 9.02. The summed E-state index contributed by atoms with van der Waals surface area (Å²) in [6.45, 7) is 5.96. The van der Waals surface area contributed by atoms with Crippen molar-refractivity contribution in [3.8, 4) is 17.2 Å². The summed E-state index contributed by atoms with van der Waals surface area (Å²) in [4.78, 5) is 12.5. The van der Waals surface area contributed by atoms with Crippen molar-refractivity contribution in [1.29, 1.82) is 0 Å². The lowest BCUT2D eigenvalue weighted by Gasteiger charge is -2.28. The first-order chi connectivity index (χ1) is 17.7. The van der Waals surface area contributed by atoms with Crippen molar-refractivity contribution in [1.82, 2.24) is 0 Å². The fourth-order valence-corrected chi connectivity index (χ4v) is 5.13. The molecule has 4 heteroatoms. The molecule has 0 bridgehead atoms. The summed E-state index contributed by atoms with van der Waals surface area (Å²) in [6.07, 6.45) is 16.7. The monoisotopic (exact) mass is 494 g/mol. The Morgan fingerprint density at radius 1 is 0.639 bits per heavy atom. The highest BCUT2D eigenvalue weighted by molar-refractivity contribution is 5.91. The van der Waals surface area contributed by atoms with E-state index < -0.39 is 0 Å². The molecule has 2 aromatic rings. The highest BCUT2D eigenvalue weighted by Crippen LogP contribution is 2.33. The number of carbonyl (C=O) groups excluding carboxylic acids is 1. The third-order valence-electron chi connectivity index (χ3n) is 7.33. The van der Waals surface area contributed by atoms with Gasteiger partial charge in [0.1, 0.15) is 17.2 Å². The van der Waals surface area contributed by atoms with Crippen molar-refractivity contribution in [2.24, 2.45) is 11.8 Å². The fraction of sp³-hybridized carbons (Fsp3) is 0.594. The minimum atomic E-state index is -0.372. The van der Waals surface area contributed by atoms with E-state index in [-0.39, 0.29) is 5.97 Å². The molecule has 0 aromatic heterocycles. The van der Waals surface area contributed by atoms with E-state index in [9.17, 15) is 4.79 Å². The average molecular weight is 495 g/mol. The van der Waals surface area contributed by atoms with Crippen LogP contribution in [0.15, 0.2) is 48.5 Å². The Bertz CT molecular complexity index is 851. The van der Waals surface area contributed by atoms with Crippen molar-refractivity contribution < 1.29 is 19.0 Å². The smallest absolute Gasteiger partial charge is 0.343 e. The highest BCUT2D eigenvalue weighted by Gasteiger charge is 2.20. The number of ether oxygens (including phenoxy) is 3. The van der Waals surface area contributed by atoms with Crippen molar-refractivity contribution in [2.75, 3.05) is 13.2 Å². The normalized spacial score (nSPS) is 17.5. The van der Waals surface area contributed by atoms with Gasteiger partial charge in [-0.2, -0.15) is 0 Å². The van der Waals surface area contributed by atoms with E-state index in [1.54, 1.807) is 24.3 Å². The molecule has 2 aromatic carbocycles. The molecule has 3 rings (SSSR count). The van der Waals surface area contributed by atoms with Gasteiger partial charge < -0.3 is 14.2 Å². The van der Waals surface area contributed by atoms with Gasteiger partial charge in [-0.05, 0) is 79.6 Å². The number of hydrogen-bond donors (Lipinski definition) is 0. The van der Waals surface area contributed by atoms with Gasteiger partial charge in [-0.3, -0.25) is 0 Å². The van der Waals surface area contributed by atoms with Crippen LogP contribution in [0.3, 0.4) is 0 Å². The number of rotatable bonds is 16. The zero-order valence-corrected chi connectivity index (χ0v) is 22.5. The maximum Gasteiger partial charge on any atom is 0.343 e. The van der Waals surface area contributed by atoms with Crippen molar-refractivity contribution in [3.63, 3.8) is 0 Å². The predicted molar refractivity (Wildman–Crippen MR) is 147 cm³/mol. The zero-order valence-electron chi connectivity index (χ0n) is 22.5. The molecule has 0 aliphatic heterocycles. The average Bonchev–Trinajstić information content (AvgIpc) is 2.91. The van der Waals surface area contributed by atoms with E-state index in [0.717, 1.165) is 42.8 Å². The van der Waals surface area contributed by atoms with Crippen LogP contribution in [0.1, 0.15) is 108 Å². The van der Waals surface area contributed by atoms with E-state index >= 15 is 0 Å². The Morgan fingerprint density at radius 3 is 1.78 bits per heavy atom. The van der Waals surface area contributed by atoms with Crippen LogP contribution in [-0.2, 0) is 0 Å². The second-order valence-electron chi connectivity index (χ2n) is 10.3. The molecule has 1 fully saturated rings. The Kier molecular flexibility index (Phi) is 12.7. The summed E-state index contributed by atoms with van der Waals surface area (Å²) in [6, 6.07) is 14.5. The van der Waals surface area contributed by atoms with Crippen LogP contribution in [-0.4, -0.2) is 19.2 Å². The molecule has 0 atom stereocenters. The van der Waals surface area contributed by atoms with Crippen molar-refractivity contribution in [2.45, 2.75) is 97.3 Å². The molecule has 0 heterocycles. The van der Waals surface area contributed by atoms with E-state index in [1.807, 2.05) is 24.3 Å². The van der Waals surface area contributed by atoms with Crippen molar-refractivity contribution in [3.05, 3.63) is 54.1 Å². The summed E-state index contributed by atoms with van der Waals surface area (Å²) in [7, 11) is 0. The Labute approximate surface area is 218 Å². The third-order valence-corrected chi connectivity index (χ3v) is 7.33. The molecule has 0 amide bonds. The quantitative estimate of drug-likeness (QED) is 0.133. The SMILES string of the molecule is CCCCCCCOc1ccc(C(=O)Oc2ccc(OCCC[C@H]3CC[C@H](CCC)CC3)cc2)cc1. The molecule has 0 unspecified atom stereocenters. The minimum absolute atomic E-state index is 0.372. The lowest BCUT2D eigenvalue weighted by atomic mass is 9.78. The van der Waals surface area contributed by atoms with Gasteiger partial charge in [0.05, 0.1) is 18.8 Å². The third kappa shape index (κ3) is 10.2. The van der Waals surface area contributed by atoms with E-state index in [1.165, 1.54) is 70.6 Å². The molecule has 198 valence electrons. The summed E-state index contributed by atoms with van der Waals surface area (Å²) < 4.78 is 17.2. The van der Waals surface area contributed by atoms with Gasteiger partial charge in [0.25, 0.3) is 0 Å². The second kappa shape index (κ2) is 16.3. The first-order valence-electron chi connectivity index (χ1n) is 14.4. The lowest BCUT2D eigenvalue weighted by Crippen LogP contribution is -2.15. The van der Waals surface area contributed by atoms with Gasteiger partial charge in [0.2, 0.25) is 0 Å². The Hall–Kier alpha value is -2.49. The number of esters is 1. The lowest BCUT2D eigenvalue weighted by molar-refractivity contribution is 0.0734. The molecule has 0 radical (unpaired) electrons. The van der Waals surface area contributed by atoms with Crippen LogP contribution in [0.25, 0.3) is 0 Å². The minimum Gasteiger partial charge on any atom is -0.494 e. The summed E-state index contributed by atoms with van der Waals surface area (Å²) in [5.41, 5.74) is 0.509. The molecular weight excluding hydrogens is 448 g/mol. The fourth-order valence-electron chi connectivity index (χ4n) is 5.13. The van der Waals surface area contributed by atoms with Gasteiger partial charge in [0, 0.05) is 0 Å². The molecule has 0 N–H and O–H groups in total. The number of unbranched alkanes of at least 4 members (excludes halogenated alkanes) is 4. The number of carbonyl (C=O) groups is 1. The Morgan fingerprint density at radius 2 is 1.17 bits per heavy atom. The molecule has 1 aliphatic carbocycles. The standard InChI is InChI=1S/C32H46O4/c1-3-5-6-7-8-24-34-29-18-16-28(17-19-29)32(33)36-31-22-20-30(21-23-31)35-25-9-11-27-14-12-26(10-4-2)13-15-27/h16-23,26-27H,3-15,24-25H2,1-2H3/t26-,27-. The second-order valence-corrected chi connectivity index (χ2v) is 10.3. The van der Waals surface area contributed by atoms with Crippen LogP contribution in [0.2, 0.25) is 0 Å². The number of hydrogen-bond acceptors (Lipinski definition) is 4. The summed E-state index contributed by atoms with van der Waals surface area (Å²) in [5, 5.41) is 0. The largest absolute Gasteiger partial charge is 0.494 e. The zero-order chi connectivity index (χ0) is 25.4. The molecule has 0 saturated heterocycles. The molecule has 4 nitrogen and oxygen atoms in total. The van der Waals surface area contributed by atoms with Gasteiger partial charge in [-0.1, -0.05) is 78.1 Å². The molecule has 1 saturated carbocycles. The van der Waals surface area contributed by atoms with E-state index in [2.05, 4.69) is 13.8 Å². The van der Waals surface area contributed by atoms with Gasteiger partial charge >= 0.3 is 5.97 Å². The molecular formula is C32H46O4.